The standard InChI is InChI=1S/C12H10F3NO4/c13-12(14,15)20-9-6-7(2-1-5-16)3-4-8(9)10(17)11(18)19/h3-4,6,10,17H,1-2H2,(H,18,19). The Bertz CT molecular complexity index is 536. The fourth-order valence-corrected chi connectivity index (χ4v) is 1.51. The van der Waals surface area contributed by atoms with Gasteiger partial charge in [-0.05, 0) is 18.1 Å². The Morgan fingerprint density at radius 2 is 2.10 bits per heavy atom. The number of alkyl halides is 3. The number of carbonyl (C=O) groups is 1. The minimum Gasteiger partial charge on any atom is -0.479 e. The van der Waals surface area contributed by atoms with Crippen molar-refractivity contribution < 1.29 is 32.9 Å². The summed E-state index contributed by atoms with van der Waals surface area (Å²) >= 11 is 0. The Hall–Kier alpha value is -2.27. The number of aryl methyl sites for hydroxylation is 1. The third-order valence-electron chi connectivity index (χ3n) is 2.36. The first-order valence-corrected chi connectivity index (χ1v) is 5.41. The van der Waals surface area contributed by atoms with E-state index in [2.05, 4.69) is 4.74 Å². The van der Waals surface area contributed by atoms with Crippen LogP contribution in [0.5, 0.6) is 5.75 Å². The largest absolute Gasteiger partial charge is 0.573 e. The number of carboxylic acids is 1. The zero-order valence-corrected chi connectivity index (χ0v) is 10.0. The van der Waals surface area contributed by atoms with Crippen LogP contribution in [0.25, 0.3) is 0 Å². The van der Waals surface area contributed by atoms with Gasteiger partial charge in [-0.25, -0.2) is 4.79 Å². The van der Waals surface area contributed by atoms with E-state index in [9.17, 15) is 23.1 Å². The van der Waals surface area contributed by atoms with Gasteiger partial charge in [-0.15, -0.1) is 13.2 Å². The lowest BCUT2D eigenvalue weighted by molar-refractivity contribution is -0.275. The summed E-state index contributed by atoms with van der Waals surface area (Å²) in [7, 11) is 0. The van der Waals surface area contributed by atoms with E-state index in [0.29, 0.717) is 5.56 Å². The molecule has 0 amide bonds. The van der Waals surface area contributed by atoms with Crippen molar-refractivity contribution in [2.75, 3.05) is 0 Å². The number of hydrogen-bond acceptors (Lipinski definition) is 4. The molecule has 0 radical (unpaired) electrons. The van der Waals surface area contributed by atoms with Crippen LogP contribution in [0.4, 0.5) is 13.2 Å². The Morgan fingerprint density at radius 1 is 1.45 bits per heavy atom. The summed E-state index contributed by atoms with van der Waals surface area (Å²) in [6.07, 6.45) is -6.86. The van der Waals surface area contributed by atoms with Gasteiger partial charge in [0.05, 0.1) is 6.07 Å². The second-order valence-corrected chi connectivity index (χ2v) is 3.82. The Balaban J connectivity index is 3.16. The van der Waals surface area contributed by atoms with Crippen LogP contribution in [-0.4, -0.2) is 22.5 Å². The molecule has 1 aromatic carbocycles. The third-order valence-corrected chi connectivity index (χ3v) is 2.36. The average molecular weight is 289 g/mol. The van der Waals surface area contributed by atoms with Gasteiger partial charge in [0.2, 0.25) is 0 Å². The average Bonchev–Trinajstić information content (AvgIpc) is 2.33. The number of carboxylic acid groups (broad SMARTS) is 1. The molecule has 0 aliphatic heterocycles. The molecule has 0 spiro atoms. The molecule has 1 unspecified atom stereocenters. The van der Waals surface area contributed by atoms with Crippen LogP contribution in [0, 0.1) is 11.3 Å². The smallest absolute Gasteiger partial charge is 0.479 e. The van der Waals surface area contributed by atoms with Crippen LogP contribution < -0.4 is 4.74 Å². The van der Waals surface area contributed by atoms with E-state index in [-0.39, 0.29) is 12.8 Å². The van der Waals surface area contributed by atoms with Gasteiger partial charge >= 0.3 is 12.3 Å². The topological polar surface area (TPSA) is 90.5 Å². The molecule has 1 atom stereocenters. The molecule has 1 rings (SSSR count). The summed E-state index contributed by atoms with van der Waals surface area (Å²) in [6, 6.07) is 5.17. The van der Waals surface area contributed by atoms with Crippen molar-refractivity contribution in [3.8, 4) is 11.8 Å². The predicted octanol–water partition coefficient (Wildman–Crippen LogP) is 2.16. The Labute approximate surface area is 111 Å². The zero-order valence-electron chi connectivity index (χ0n) is 10.0. The fraction of sp³-hybridized carbons (Fsp3) is 0.333. The van der Waals surface area contributed by atoms with Crippen LogP contribution >= 0.6 is 0 Å². The van der Waals surface area contributed by atoms with Crippen LogP contribution in [0.15, 0.2) is 18.2 Å². The molecule has 0 aliphatic rings. The molecule has 2 N–H and O–H groups in total. The highest BCUT2D eigenvalue weighted by Gasteiger charge is 2.34. The number of halogens is 3. The maximum atomic E-state index is 12.3. The van der Waals surface area contributed by atoms with Crippen molar-refractivity contribution in [2.45, 2.75) is 25.3 Å². The lowest BCUT2D eigenvalue weighted by Crippen LogP contribution is -2.20. The van der Waals surface area contributed by atoms with Crippen LogP contribution in [-0.2, 0) is 11.2 Å². The van der Waals surface area contributed by atoms with Crippen molar-refractivity contribution in [3.05, 3.63) is 29.3 Å². The zero-order chi connectivity index (χ0) is 15.3. The SMILES string of the molecule is N#CCCc1ccc(C(O)C(=O)O)c(OC(F)(F)F)c1. The van der Waals surface area contributed by atoms with Gasteiger partial charge in [0.25, 0.3) is 0 Å². The van der Waals surface area contributed by atoms with Crippen LogP contribution in [0.2, 0.25) is 0 Å². The molecule has 8 heteroatoms. The lowest BCUT2D eigenvalue weighted by Gasteiger charge is -2.16. The van der Waals surface area contributed by atoms with E-state index >= 15 is 0 Å². The number of aliphatic hydroxyl groups is 1. The molecule has 20 heavy (non-hydrogen) atoms. The van der Waals surface area contributed by atoms with Gasteiger partial charge in [0.15, 0.2) is 6.10 Å². The predicted molar refractivity (Wildman–Crippen MR) is 59.7 cm³/mol. The minimum atomic E-state index is -5.01. The van der Waals surface area contributed by atoms with Gasteiger partial charge < -0.3 is 14.9 Å². The highest BCUT2D eigenvalue weighted by Crippen LogP contribution is 2.32. The van der Waals surface area contributed by atoms with Crippen LogP contribution in [0.1, 0.15) is 23.7 Å². The minimum absolute atomic E-state index is 0.0896. The van der Waals surface area contributed by atoms with Gasteiger partial charge in [-0.1, -0.05) is 12.1 Å². The molecular formula is C12H10F3NO4. The molecule has 0 bridgehead atoms. The first-order valence-electron chi connectivity index (χ1n) is 5.41. The fourth-order valence-electron chi connectivity index (χ4n) is 1.51. The Kier molecular flexibility index (Phi) is 4.94. The van der Waals surface area contributed by atoms with Crippen molar-refractivity contribution in [3.63, 3.8) is 0 Å². The van der Waals surface area contributed by atoms with Crippen molar-refractivity contribution in [2.24, 2.45) is 0 Å². The summed E-state index contributed by atoms with van der Waals surface area (Å²) in [5, 5.41) is 26.4. The van der Waals surface area contributed by atoms with E-state index in [1.165, 1.54) is 6.07 Å². The maximum absolute atomic E-state index is 12.3. The highest BCUT2D eigenvalue weighted by atomic mass is 19.4. The molecule has 0 fully saturated rings. The van der Waals surface area contributed by atoms with E-state index in [1.54, 1.807) is 0 Å². The van der Waals surface area contributed by atoms with Crippen molar-refractivity contribution >= 4 is 5.97 Å². The molecule has 0 saturated carbocycles. The van der Waals surface area contributed by atoms with E-state index < -0.39 is 29.7 Å². The second kappa shape index (κ2) is 6.25. The van der Waals surface area contributed by atoms with Crippen molar-refractivity contribution in [1.29, 1.82) is 5.26 Å². The van der Waals surface area contributed by atoms with Gasteiger partial charge in [0, 0.05) is 12.0 Å². The molecule has 108 valence electrons. The number of ether oxygens (including phenoxy) is 1. The molecule has 1 aromatic rings. The molecule has 0 aromatic heterocycles. The quantitative estimate of drug-likeness (QED) is 0.866. The number of benzene rings is 1. The summed E-state index contributed by atoms with van der Waals surface area (Å²) in [4.78, 5) is 10.6. The van der Waals surface area contributed by atoms with Gasteiger partial charge in [0.1, 0.15) is 5.75 Å². The van der Waals surface area contributed by atoms with E-state index in [1.807, 2.05) is 6.07 Å². The van der Waals surface area contributed by atoms with Gasteiger partial charge in [-0.3, -0.25) is 0 Å². The number of nitriles is 1. The number of nitrogens with zero attached hydrogens (tertiary/aromatic N) is 1. The summed E-state index contributed by atoms with van der Waals surface area (Å²) in [5.74, 6) is -2.48. The number of rotatable bonds is 5. The van der Waals surface area contributed by atoms with Crippen LogP contribution in [0.3, 0.4) is 0 Å². The van der Waals surface area contributed by atoms with E-state index in [4.69, 9.17) is 10.4 Å². The monoisotopic (exact) mass is 289 g/mol. The Morgan fingerprint density at radius 3 is 2.60 bits per heavy atom. The molecule has 0 heterocycles. The first-order chi connectivity index (χ1) is 9.24. The normalized spacial score (nSPS) is 12.6. The molecule has 0 saturated heterocycles. The number of hydrogen-bond donors (Lipinski definition) is 2. The lowest BCUT2D eigenvalue weighted by atomic mass is 10.0. The number of aliphatic carboxylic acids is 1. The van der Waals surface area contributed by atoms with Gasteiger partial charge in [-0.2, -0.15) is 5.26 Å². The van der Waals surface area contributed by atoms with E-state index in [0.717, 1.165) is 12.1 Å². The molecule has 5 nitrogen and oxygen atoms in total. The highest BCUT2D eigenvalue weighted by molar-refractivity contribution is 5.75. The third kappa shape index (κ3) is 4.44. The second-order valence-electron chi connectivity index (χ2n) is 3.82. The first kappa shape index (κ1) is 15.8. The maximum Gasteiger partial charge on any atom is 0.573 e. The summed E-state index contributed by atoms with van der Waals surface area (Å²) in [5.41, 5.74) is -0.136. The number of aliphatic hydroxyl groups excluding tert-OH is 1. The molecule has 0 aliphatic carbocycles. The van der Waals surface area contributed by atoms with Crippen molar-refractivity contribution in [1.82, 2.24) is 0 Å². The summed E-state index contributed by atoms with van der Waals surface area (Å²) in [6.45, 7) is 0. The summed E-state index contributed by atoms with van der Waals surface area (Å²) < 4.78 is 40.5. The molecular weight excluding hydrogens is 279 g/mol.